The third kappa shape index (κ3) is 5.89. The summed E-state index contributed by atoms with van der Waals surface area (Å²) >= 11 is 0. The lowest BCUT2D eigenvalue weighted by molar-refractivity contribution is -0.149. The lowest BCUT2D eigenvalue weighted by Gasteiger charge is -2.34. The van der Waals surface area contributed by atoms with Crippen LogP contribution in [0.4, 0.5) is 0 Å². The fourth-order valence-electron chi connectivity index (χ4n) is 6.17. The quantitative estimate of drug-likeness (QED) is 0.411. The van der Waals surface area contributed by atoms with Crippen LogP contribution in [0.15, 0.2) is 48.5 Å². The lowest BCUT2D eigenvalue weighted by atomic mass is 9.70. The van der Waals surface area contributed by atoms with Crippen molar-refractivity contribution in [3.05, 3.63) is 59.7 Å². The fourth-order valence-corrected chi connectivity index (χ4v) is 6.17. The first-order valence-electron chi connectivity index (χ1n) is 13.4. The van der Waals surface area contributed by atoms with E-state index in [4.69, 9.17) is 0 Å². The van der Waals surface area contributed by atoms with Gasteiger partial charge in [0.05, 0.1) is 5.41 Å². The maximum Gasteiger partial charge on any atom is 0.309 e. The molecule has 0 saturated heterocycles. The molecule has 0 atom stereocenters. The molecule has 2 saturated carbocycles. The zero-order valence-electron chi connectivity index (χ0n) is 20.7. The zero-order chi connectivity index (χ0) is 23.3. The third-order valence-electron chi connectivity index (χ3n) is 8.77. The Morgan fingerprint density at radius 2 is 1.27 bits per heavy atom. The van der Waals surface area contributed by atoms with Gasteiger partial charge in [-0.3, -0.25) is 4.79 Å². The molecule has 2 aromatic rings. The monoisotopic (exact) mass is 446 g/mol. The van der Waals surface area contributed by atoms with Crippen molar-refractivity contribution in [2.75, 3.05) is 0 Å². The number of carboxylic acid groups (broad SMARTS) is 1. The third-order valence-corrected chi connectivity index (χ3v) is 8.77. The van der Waals surface area contributed by atoms with E-state index in [1.165, 1.54) is 73.6 Å². The summed E-state index contributed by atoms with van der Waals surface area (Å²) in [5, 5.41) is 9.47. The van der Waals surface area contributed by atoms with Gasteiger partial charge in [0.25, 0.3) is 0 Å². The summed E-state index contributed by atoms with van der Waals surface area (Å²) < 4.78 is 0. The van der Waals surface area contributed by atoms with Crippen LogP contribution < -0.4 is 0 Å². The highest BCUT2D eigenvalue weighted by molar-refractivity contribution is 5.74. The van der Waals surface area contributed by atoms with E-state index in [2.05, 4.69) is 55.5 Å². The summed E-state index contributed by atoms with van der Waals surface area (Å²) in [4.78, 5) is 11.5. The minimum Gasteiger partial charge on any atom is -0.481 e. The SMILES string of the molecule is CCCCCC1CCC(c2ccc(-c3ccc(C4CCC(C)(C(=O)O)CC4)cc3)cc2)CC1. The van der Waals surface area contributed by atoms with Gasteiger partial charge in [0.15, 0.2) is 0 Å². The van der Waals surface area contributed by atoms with E-state index in [1.807, 2.05) is 6.92 Å². The van der Waals surface area contributed by atoms with Crippen LogP contribution in [0.3, 0.4) is 0 Å². The van der Waals surface area contributed by atoms with Gasteiger partial charge in [0, 0.05) is 0 Å². The molecule has 4 rings (SSSR count). The summed E-state index contributed by atoms with van der Waals surface area (Å²) in [6, 6.07) is 18.3. The Balaban J connectivity index is 1.31. The van der Waals surface area contributed by atoms with E-state index in [1.54, 1.807) is 0 Å². The van der Waals surface area contributed by atoms with Crippen molar-refractivity contribution in [2.24, 2.45) is 11.3 Å². The van der Waals surface area contributed by atoms with Crippen LogP contribution in [-0.2, 0) is 4.79 Å². The second-order valence-corrected chi connectivity index (χ2v) is 11.1. The van der Waals surface area contributed by atoms with Crippen LogP contribution >= 0.6 is 0 Å². The van der Waals surface area contributed by atoms with Crippen LogP contribution in [0.5, 0.6) is 0 Å². The Hall–Kier alpha value is -2.09. The molecule has 2 fully saturated rings. The average Bonchev–Trinajstić information content (AvgIpc) is 2.85. The molecule has 0 radical (unpaired) electrons. The normalized spacial score (nSPS) is 27.9. The predicted octanol–water partition coefficient (Wildman–Crippen LogP) is 8.96. The van der Waals surface area contributed by atoms with Crippen molar-refractivity contribution in [1.29, 1.82) is 0 Å². The summed E-state index contributed by atoms with van der Waals surface area (Å²) in [7, 11) is 0. The molecule has 0 bridgehead atoms. The van der Waals surface area contributed by atoms with Crippen molar-refractivity contribution < 1.29 is 9.90 Å². The van der Waals surface area contributed by atoms with Crippen molar-refractivity contribution in [1.82, 2.24) is 0 Å². The van der Waals surface area contributed by atoms with Gasteiger partial charge in [-0.05, 0) is 98.3 Å². The van der Waals surface area contributed by atoms with Crippen LogP contribution in [0.1, 0.15) is 114 Å². The highest BCUT2D eigenvalue weighted by Gasteiger charge is 2.37. The van der Waals surface area contributed by atoms with E-state index in [-0.39, 0.29) is 0 Å². The minimum atomic E-state index is -0.639. The van der Waals surface area contributed by atoms with Gasteiger partial charge in [-0.1, -0.05) is 81.1 Å². The Kier molecular flexibility index (Phi) is 7.94. The molecule has 2 nitrogen and oxygen atoms in total. The molecule has 33 heavy (non-hydrogen) atoms. The van der Waals surface area contributed by atoms with Crippen LogP contribution in [0.25, 0.3) is 11.1 Å². The highest BCUT2D eigenvalue weighted by atomic mass is 16.4. The number of rotatable bonds is 8. The van der Waals surface area contributed by atoms with Gasteiger partial charge < -0.3 is 5.11 Å². The van der Waals surface area contributed by atoms with E-state index in [0.717, 1.165) is 37.5 Å². The molecular weight excluding hydrogens is 404 g/mol. The summed E-state index contributed by atoms with van der Waals surface area (Å²) in [5.41, 5.74) is 4.91. The van der Waals surface area contributed by atoms with Crippen molar-refractivity contribution in [2.45, 2.75) is 103 Å². The van der Waals surface area contributed by atoms with Crippen LogP contribution in [-0.4, -0.2) is 11.1 Å². The maximum atomic E-state index is 11.5. The van der Waals surface area contributed by atoms with Crippen molar-refractivity contribution in [3.8, 4) is 11.1 Å². The molecule has 2 aliphatic rings. The largest absolute Gasteiger partial charge is 0.481 e. The molecule has 0 amide bonds. The predicted molar refractivity (Wildman–Crippen MR) is 138 cm³/mol. The van der Waals surface area contributed by atoms with Gasteiger partial charge in [-0.25, -0.2) is 0 Å². The molecular formula is C31H42O2. The molecule has 2 aliphatic carbocycles. The number of carbonyl (C=O) groups is 1. The summed E-state index contributed by atoms with van der Waals surface area (Å²) in [6.07, 6.45) is 14.6. The first-order chi connectivity index (χ1) is 16.0. The van der Waals surface area contributed by atoms with Crippen LogP contribution in [0, 0.1) is 11.3 Å². The minimum absolute atomic E-state index is 0.492. The fraction of sp³-hybridized carbons (Fsp3) is 0.581. The van der Waals surface area contributed by atoms with Gasteiger partial charge in [0.2, 0.25) is 0 Å². The highest BCUT2D eigenvalue weighted by Crippen LogP contribution is 2.43. The Morgan fingerprint density at radius 1 is 0.788 bits per heavy atom. The molecule has 0 aromatic heterocycles. The summed E-state index contributed by atoms with van der Waals surface area (Å²) in [5.74, 6) is 1.56. The first-order valence-corrected chi connectivity index (χ1v) is 13.4. The van der Waals surface area contributed by atoms with E-state index in [9.17, 15) is 9.90 Å². The Bertz CT molecular complexity index is 880. The van der Waals surface area contributed by atoms with E-state index in [0.29, 0.717) is 5.92 Å². The van der Waals surface area contributed by atoms with Gasteiger partial charge >= 0.3 is 5.97 Å². The standard InChI is InChI=1S/C31H42O2/c1-3-4-5-6-23-7-9-24(10-8-23)25-11-13-26(14-12-25)27-15-17-28(18-16-27)29-19-21-31(2,22-20-29)30(32)33/h11-18,23-24,29H,3-10,19-22H2,1-2H3,(H,32,33). The van der Waals surface area contributed by atoms with Gasteiger partial charge in [-0.15, -0.1) is 0 Å². The Labute approximate surface area is 200 Å². The summed E-state index contributed by atoms with van der Waals surface area (Å²) in [6.45, 7) is 4.20. The smallest absolute Gasteiger partial charge is 0.309 e. The molecule has 2 aromatic carbocycles. The van der Waals surface area contributed by atoms with E-state index >= 15 is 0 Å². The number of hydrogen-bond acceptors (Lipinski definition) is 1. The number of benzene rings is 2. The molecule has 0 spiro atoms. The van der Waals surface area contributed by atoms with E-state index < -0.39 is 11.4 Å². The second-order valence-electron chi connectivity index (χ2n) is 11.1. The van der Waals surface area contributed by atoms with Gasteiger partial charge in [0.1, 0.15) is 0 Å². The lowest BCUT2D eigenvalue weighted by Crippen LogP contribution is -2.31. The maximum absolute atomic E-state index is 11.5. The Morgan fingerprint density at radius 3 is 1.73 bits per heavy atom. The number of carboxylic acids is 1. The topological polar surface area (TPSA) is 37.3 Å². The molecule has 0 unspecified atom stereocenters. The number of hydrogen-bond donors (Lipinski definition) is 1. The van der Waals surface area contributed by atoms with Gasteiger partial charge in [-0.2, -0.15) is 0 Å². The van der Waals surface area contributed by atoms with Crippen LogP contribution in [0.2, 0.25) is 0 Å². The molecule has 0 aliphatic heterocycles. The first kappa shape index (κ1) is 24.0. The number of unbranched alkanes of at least 4 members (excludes halogenated alkanes) is 2. The molecule has 178 valence electrons. The van der Waals surface area contributed by atoms with Crippen molar-refractivity contribution in [3.63, 3.8) is 0 Å². The zero-order valence-corrected chi connectivity index (χ0v) is 20.7. The molecule has 2 heteroatoms. The molecule has 1 N–H and O–H groups in total. The second kappa shape index (κ2) is 10.9. The molecule has 0 heterocycles. The average molecular weight is 447 g/mol. The van der Waals surface area contributed by atoms with Crippen molar-refractivity contribution >= 4 is 5.97 Å². The number of aliphatic carboxylic acids is 1.